The van der Waals surface area contributed by atoms with Gasteiger partial charge in [-0.3, -0.25) is 5.32 Å². The van der Waals surface area contributed by atoms with Crippen LogP contribution >= 0.6 is 0 Å². The van der Waals surface area contributed by atoms with Gasteiger partial charge in [-0.05, 0) is 97.7 Å². The van der Waals surface area contributed by atoms with Crippen LogP contribution in [0.25, 0.3) is 21.8 Å². The number of allylic oxidation sites excluding steroid dienone is 4. The molecule has 4 aliphatic rings. The highest BCUT2D eigenvalue weighted by molar-refractivity contribution is 6.01. The third kappa shape index (κ3) is 8.76. The molecule has 2 N–H and O–H groups in total. The van der Waals surface area contributed by atoms with E-state index in [1.807, 2.05) is 119 Å². The number of aromatic nitrogens is 3. The van der Waals surface area contributed by atoms with Crippen molar-refractivity contribution in [1.29, 1.82) is 0 Å². The SMILES string of the molecule is CCc1c(C)ccc2ccc(NC(=O)OC(COC(COC(COC(C)C)[N+]3=NN=C4C=CC=CC43)C[N+]3=NN=C4C=CC=CC43)C[n+]3[nH]nc4ccccc43)cc12. The lowest BCUT2D eigenvalue weighted by Gasteiger charge is -2.25. The molecule has 2 aliphatic heterocycles. The molecule has 1 aromatic heterocycles. The monoisotopic (exact) mass is 785 g/mol. The number of anilines is 1. The summed E-state index contributed by atoms with van der Waals surface area (Å²) in [6.07, 6.45) is 14.2. The molecule has 0 spiro atoms. The number of fused-ring (bicyclic) bond motifs is 4. The quantitative estimate of drug-likeness (QED) is 0.120. The summed E-state index contributed by atoms with van der Waals surface area (Å²) in [7, 11) is 0. The molecule has 5 unspecified atom stereocenters. The van der Waals surface area contributed by atoms with E-state index in [1.54, 1.807) is 0 Å². The molecule has 3 heterocycles. The maximum atomic E-state index is 13.7. The van der Waals surface area contributed by atoms with Gasteiger partial charge in [-0.15, -0.1) is 9.39 Å². The second kappa shape index (κ2) is 17.6. The lowest BCUT2D eigenvalue weighted by Crippen LogP contribution is -2.47. The fourth-order valence-electron chi connectivity index (χ4n) is 7.47. The second-order valence-electron chi connectivity index (χ2n) is 14.8. The van der Waals surface area contributed by atoms with Gasteiger partial charge in [0.15, 0.2) is 12.6 Å². The van der Waals surface area contributed by atoms with Gasteiger partial charge in [-0.2, -0.15) is 4.68 Å². The second-order valence-corrected chi connectivity index (χ2v) is 14.8. The van der Waals surface area contributed by atoms with E-state index in [2.05, 4.69) is 62.3 Å². The third-order valence-corrected chi connectivity index (χ3v) is 10.4. The number of aromatic amines is 1. The summed E-state index contributed by atoms with van der Waals surface area (Å²) >= 11 is 0. The molecular formula is C43H49N10O5+3. The Balaban J connectivity index is 1.02. The first-order chi connectivity index (χ1) is 28.3. The topological polar surface area (TPSA) is 154 Å². The minimum Gasteiger partial charge on any atom is -0.439 e. The molecule has 15 heteroatoms. The van der Waals surface area contributed by atoms with Crippen molar-refractivity contribution in [3.05, 3.63) is 114 Å². The Morgan fingerprint density at radius 1 is 0.845 bits per heavy atom. The van der Waals surface area contributed by atoms with E-state index in [9.17, 15) is 4.79 Å². The van der Waals surface area contributed by atoms with Crippen LogP contribution in [0.3, 0.4) is 0 Å². The molecule has 2 aliphatic carbocycles. The van der Waals surface area contributed by atoms with E-state index >= 15 is 0 Å². The minimum absolute atomic E-state index is 0.0272. The van der Waals surface area contributed by atoms with E-state index in [0.29, 0.717) is 12.2 Å². The van der Waals surface area contributed by atoms with Crippen LogP contribution in [0.4, 0.5) is 10.5 Å². The molecule has 0 saturated heterocycles. The summed E-state index contributed by atoms with van der Waals surface area (Å²) < 4.78 is 31.1. The summed E-state index contributed by atoms with van der Waals surface area (Å²) in [5.41, 5.74) is 6.42. The molecule has 58 heavy (non-hydrogen) atoms. The van der Waals surface area contributed by atoms with Gasteiger partial charge in [0.1, 0.15) is 29.7 Å². The summed E-state index contributed by atoms with van der Waals surface area (Å²) in [6.45, 7) is 9.22. The average molecular weight is 786 g/mol. The maximum Gasteiger partial charge on any atom is 0.412 e. The van der Waals surface area contributed by atoms with Crippen molar-refractivity contribution in [2.75, 3.05) is 31.7 Å². The van der Waals surface area contributed by atoms with Crippen molar-refractivity contribution in [3.8, 4) is 0 Å². The van der Waals surface area contributed by atoms with Crippen molar-refractivity contribution in [3.63, 3.8) is 0 Å². The molecule has 298 valence electrons. The Bertz CT molecular complexity index is 2430. The normalized spacial score (nSPS) is 19.5. The number of para-hydroxylation sites is 2. The van der Waals surface area contributed by atoms with Gasteiger partial charge in [0.2, 0.25) is 40.8 Å². The largest absolute Gasteiger partial charge is 0.439 e. The van der Waals surface area contributed by atoms with Gasteiger partial charge in [0.05, 0.1) is 29.5 Å². The van der Waals surface area contributed by atoms with Crippen LogP contribution in [0, 0.1) is 6.92 Å². The third-order valence-electron chi connectivity index (χ3n) is 10.4. The van der Waals surface area contributed by atoms with Crippen LogP contribution in [0.1, 0.15) is 31.9 Å². The average Bonchev–Trinajstić information content (AvgIpc) is 3.97. The molecule has 4 aromatic rings. The zero-order chi connectivity index (χ0) is 40.0. The first-order valence-corrected chi connectivity index (χ1v) is 19.8. The number of H-pyrrole nitrogens is 1. The molecule has 1 amide bonds. The molecule has 0 fully saturated rings. The number of benzene rings is 3. The molecule has 5 atom stereocenters. The van der Waals surface area contributed by atoms with Gasteiger partial charge in [0, 0.05) is 10.8 Å². The molecule has 15 nitrogen and oxygen atoms in total. The number of carbonyl (C=O) groups excluding carboxylic acids is 1. The number of ether oxygens (including phenoxy) is 4. The van der Waals surface area contributed by atoms with Crippen molar-refractivity contribution in [2.24, 2.45) is 20.6 Å². The number of nitrogens with one attached hydrogen (secondary N) is 2. The summed E-state index contributed by atoms with van der Waals surface area (Å²) in [6, 6.07) is 17.6. The smallest absolute Gasteiger partial charge is 0.412 e. The summed E-state index contributed by atoms with van der Waals surface area (Å²) in [4.78, 5) is 13.7. The Morgan fingerprint density at radius 2 is 1.60 bits per heavy atom. The van der Waals surface area contributed by atoms with E-state index < -0.39 is 24.5 Å². The number of rotatable bonds is 17. The Kier molecular flexibility index (Phi) is 11.8. The standard InChI is InChI=1S/C43H47N10O5/c1-5-34-29(4)18-19-30-20-21-31(22-35(30)34)44-43(54)58-33(24-52-40-16-10-7-13-37(40)46-49-52)26-56-32(23-51-39-15-9-6-12-36(39)45-48-51)25-57-42(27-55-28(2)3)53-41-17-11-8-14-38(41)47-50-53/h6-22,28,32-33,39,41-42H,5,23-27H2,1-4H3/q+1/p+2. The fraction of sp³-hybridized carbons (Fsp3) is 0.372. The van der Waals surface area contributed by atoms with Gasteiger partial charge >= 0.3 is 6.09 Å². The number of hydrogen-bond donors (Lipinski definition) is 2. The summed E-state index contributed by atoms with van der Waals surface area (Å²) in [5, 5.41) is 30.4. The minimum atomic E-state index is -0.742. The van der Waals surface area contributed by atoms with Gasteiger partial charge in [-0.1, -0.05) is 66.8 Å². The number of aryl methyl sites for hydroxylation is 2. The Labute approximate surface area is 336 Å². The van der Waals surface area contributed by atoms with Crippen molar-refractivity contribution in [1.82, 2.24) is 10.3 Å². The molecular weight excluding hydrogens is 737 g/mol. The van der Waals surface area contributed by atoms with Crippen LogP contribution < -0.4 is 10.00 Å². The molecule has 0 bridgehead atoms. The van der Waals surface area contributed by atoms with Crippen LogP contribution in [0.5, 0.6) is 0 Å². The Hall–Kier alpha value is -6.03. The Morgan fingerprint density at radius 3 is 2.43 bits per heavy atom. The first kappa shape index (κ1) is 38.8. The maximum absolute atomic E-state index is 13.7. The molecule has 3 aromatic carbocycles. The molecule has 0 radical (unpaired) electrons. The zero-order valence-electron chi connectivity index (χ0n) is 33.1. The van der Waals surface area contributed by atoms with E-state index in [4.69, 9.17) is 18.9 Å². The van der Waals surface area contributed by atoms with Gasteiger partial charge < -0.3 is 18.9 Å². The van der Waals surface area contributed by atoms with Crippen LogP contribution in [-0.4, -0.2) is 100 Å². The highest BCUT2D eigenvalue weighted by Gasteiger charge is 2.39. The number of nitrogens with zero attached hydrogens (tertiary/aromatic N) is 8. The predicted octanol–water partition coefficient (Wildman–Crippen LogP) is 6.30. The van der Waals surface area contributed by atoms with E-state index in [-0.39, 0.29) is 44.6 Å². The molecule has 8 rings (SSSR count). The summed E-state index contributed by atoms with van der Waals surface area (Å²) in [5.74, 6) is 0. The van der Waals surface area contributed by atoms with E-state index in [1.165, 1.54) is 11.1 Å². The first-order valence-electron chi connectivity index (χ1n) is 19.8. The number of carbonyl (C=O) groups is 1. The van der Waals surface area contributed by atoms with Crippen molar-refractivity contribution < 1.29 is 37.8 Å². The molecule has 0 saturated carbocycles. The fourth-order valence-corrected chi connectivity index (χ4v) is 7.47. The predicted molar refractivity (Wildman–Crippen MR) is 218 cm³/mol. The van der Waals surface area contributed by atoms with Gasteiger partial charge in [-0.25, -0.2) is 4.79 Å². The highest BCUT2D eigenvalue weighted by Crippen LogP contribution is 2.26. The van der Waals surface area contributed by atoms with Crippen LogP contribution in [0.15, 0.2) is 124 Å². The van der Waals surface area contributed by atoms with Crippen molar-refractivity contribution in [2.45, 2.75) is 77.3 Å². The van der Waals surface area contributed by atoms with Crippen molar-refractivity contribution >= 4 is 45.0 Å². The zero-order valence-corrected chi connectivity index (χ0v) is 33.1. The lowest BCUT2D eigenvalue weighted by molar-refractivity contribution is -0.736. The number of hydrogen-bond acceptors (Lipinski definition) is 10. The van der Waals surface area contributed by atoms with Crippen LogP contribution in [0.2, 0.25) is 0 Å². The lowest BCUT2D eigenvalue weighted by atomic mass is 9.97. The van der Waals surface area contributed by atoms with Gasteiger partial charge in [0.25, 0.3) is 0 Å². The van der Waals surface area contributed by atoms with E-state index in [0.717, 1.165) is 39.7 Å². The van der Waals surface area contributed by atoms with Crippen LogP contribution in [-0.2, 0) is 31.9 Å². The highest BCUT2D eigenvalue weighted by atomic mass is 16.6. The number of amides is 1.